The van der Waals surface area contributed by atoms with Crippen LogP contribution in [-0.4, -0.2) is 17.4 Å². The number of aromatic nitrogens is 1. The number of halogens is 1. The van der Waals surface area contributed by atoms with Crippen LogP contribution in [0.25, 0.3) is 22.6 Å². The van der Waals surface area contributed by atoms with Gasteiger partial charge in [0, 0.05) is 22.5 Å². The molecular formula is C28H22ClN3O2. The number of pyridine rings is 1. The maximum absolute atomic E-state index is 12.8. The fourth-order valence-corrected chi connectivity index (χ4v) is 3.54. The van der Waals surface area contributed by atoms with E-state index in [0.29, 0.717) is 23.0 Å². The number of fused-ring (bicyclic) bond motifs is 1. The fourth-order valence-electron chi connectivity index (χ4n) is 3.41. The molecule has 0 aliphatic rings. The van der Waals surface area contributed by atoms with Gasteiger partial charge in [-0.2, -0.15) is 5.26 Å². The van der Waals surface area contributed by atoms with Crippen molar-refractivity contribution in [2.75, 3.05) is 6.54 Å². The summed E-state index contributed by atoms with van der Waals surface area (Å²) in [6, 6.07) is 28.5. The molecule has 0 fully saturated rings. The minimum absolute atomic E-state index is 0.246. The Labute approximate surface area is 203 Å². The highest BCUT2D eigenvalue weighted by atomic mass is 35.5. The van der Waals surface area contributed by atoms with Crippen molar-refractivity contribution in [3.63, 3.8) is 0 Å². The summed E-state index contributed by atoms with van der Waals surface area (Å²) in [7, 11) is 0. The van der Waals surface area contributed by atoms with E-state index in [2.05, 4.69) is 10.3 Å². The molecule has 0 spiro atoms. The van der Waals surface area contributed by atoms with E-state index in [1.165, 1.54) is 0 Å². The lowest BCUT2D eigenvalue weighted by molar-refractivity contribution is -0.115. The number of nitrogens with zero attached hydrogens (tertiary/aromatic N) is 2. The molecule has 0 radical (unpaired) electrons. The Hall–Kier alpha value is -4.14. The van der Waals surface area contributed by atoms with Crippen molar-refractivity contribution in [1.82, 2.24) is 10.3 Å². The van der Waals surface area contributed by atoms with Gasteiger partial charge >= 0.3 is 0 Å². The molecule has 0 atom stereocenters. The lowest BCUT2D eigenvalue weighted by Crippen LogP contribution is -2.25. The molecule has 1 N–H and O–H groups in total. The van der Waals surface area contributed by atoms with Gasteiger partial charge in [-0.1, -0.05) is 60.1 Å². The van der Waals surface area contributed by atoms with Gasteiger partial charge < -0.3 is 10.1 Å². The minimum atomic E-state index is -0.251. The molecule has 0 unspecified atom stereocenters. The Morgan fingerprint density at radius 2 is 1.76 bits per heavy atom. The number of para-hydroxylation sites is 1. The number of carbonyl (C=O) groups excluding carboxylic acids is 1. The van der Waals surface area contributed by atoms with Crippen LogP contribution >= 0.6 is 11.6 Å². The molecule has 0 aliphatic carbocycles. The number of rotatable bonds is 8. The Morgan fingerprint density at radius 1 is 1.00 bits per heavy atom. The lowest BCUT2D eigenvalue weighted by Gasteiger charge is -2.11. The monoisotopic (exact) mass is 467 g/mol. The molecule has 1 heterocycles. The van der Waals surface area contributed by atoms with Crippen molar-refractivity contribution < 1.29 is 9.53 Å². The Bertz CT molecular complexity index is 1360. The van der Waals surface area contributed by atoms with Crippen LogP contribution in [0.1, 0.15) is 23.2 Å². The van der Waals surface area contributed by atoms with Crippen molar-refractivity contribution in [2.24, 2.45) is 0 Å². The second-order valence-corrected chi connectivity index (χ2v) is 8.02. The van der Waals surface area contributed by atoms with Gasteiger partial charge in [-0.05, 0) is 53.6 Å². The number of hydrogen-bond donors (Lipinski definition) is 1. The zero-order valence-corrected chi connectivity index (χ0v) is 19.1. The largest absolute Gasteiger partial charge is 0.487 e. The number of nitriles is 1. The minimum Gasteiger partial charge on any atom is -0.487 e. The number of amides is 1. The quantitative estimate of drug-likeness (QED) is 0.195. The zero-order valence-electron chi connectivity index (χ0n) is 18.4. The Morgan fingerprint density at radius 3 is 2.53 bits per heavy atom. The normalized spacial score (nSPS) is 11.1. The Balaban J connectivity index is 1.50. The van der Waals surface area contributed by atoms with Gasteiger partial charge in [0.25, 0.3) is 5.91 Å². The maximum Gasteiger partial charge on any atom is 0.251 e. The maximum atomic E-state index is 12.8. The average Bonchev–Trinajstić information content (AvgIpc) is 2.87. The van der Waals surface area contributed by atoms with E-state index in [1.54, 1.807) is 18.2 Å². The van der Waals surface area contributed by atoms with E-state index < -0.39 is 0 Å². The predicted octanol–water partition coefficient (Wildman–Crippen LogP) is 6.04. The Kier molecular flexibility index (Phi) is 7.54. The molecule has 1 amide bonds. The van der Waals surface area contributed by atoms with E-state index in [0.717, 1.165) is 27.7 Å². The standard InChI is InChI=1S/C28H22ClN3O2/c29-23-11-6-20(7-12-23)18-26(28(33)31-17-3-16-30)21-9-14-25(15-10-21)34-19-24-13-8-22-4-1-2-5-27(22)32-24/h1-2,4-15,18H,3,17,19H2,(H,31,33). The molecule has 0 bridgehead atoms. The van der Waals surface area contributed by atoms with E-state index in [-0.39, 0.29) is 18.9 Å². The van der Waals surface area contributed by atoms with Crippen LogP contribution in [0, 0.1) is 11.3 Å². The first kappa shape index (κ1) is 23.0. The second kappa shape index (κ2) is 11.1. The third-order valence-electron chi connectivity index (χ3n) is 5.16. The highest BCUT2D eigenvalue weighted by Crippen LogP contribution is 2.23. The van der Waals surface area contributed by atoms with Crippen LogP contribution in [0.4, 0.5) is 0 Å². The smallest absolute Gasteiger partial charge is 0.251 e. The van der Waals surface area contributed by atoms with Crippen molar-refractivity contribution in [3.05, 3.63) is 107 Å². The van der Waals surface area contributed by atoms with Gasteiger partial charge in [-0.3, -0.25) is 4.79 Å². The van der Waals surface area contributed by atoms with Crippen LogP contribution < -0.4 is 10.1 Å². The zero-order chi connectivity index (χ0) is 23.8. The number of nitrogens with one attached hydrogen (secondary N) is 1. The molecule has 168 valence electrons. The first-order chi connectivity index (χ1) is 16.6. The van der Waals surface area contributed by atoms with Gasteiger partial charge in [0.15, 0.2) is 0 Å². The van der Waals surface area contributed by atoms with Crippen molar-refractivity contribution in [1.29, 1.82) is 5.26 Å². The molecule has 4 aromatic rings. The molecular weight excluding hydrogens is 446 g/mol. The molecule has 5 nitrogen and oxygen atoms in total. The van der Waals surface area contributed by atoms with Gasteiger partial charge in [0.1, 0.15) is 12.4 Å². The molecule has 3 aromatic carbocycles. The van der Waals surface area contributed by atoms with E-state index in [4.69, 9.17) is 21.6 Å². The summed E-state index contributed by atoms with van der Waals surface area (Å²) in [5.41, 5.74) is 3.84. The highest BCUT2D eigenvalue weighted by molar-refractivity contribution is 6.30. The lowest BCUT2D eigenvalue weighted by atomic mass is 10.0. The summed E-state index contributed by atoms with van der Waals surface area (Å²) in [6.45, 7) is 0.625. The molecule has 0 saturated carbocycles. The third kappa shape index (κ3) is 6.00. The summed E-state index contributed by atoms with van der Waals surface area (Å²) in [4.78, 5) is 17.5. The molecule has 6 heteroatoms. The third-order valence-corrected chi connectivity index (χ3v) is 5.41. The molecule has 1 aromatic heterocycles. The summed E-state index contributed by atoms with van der Waals surface area (Å²) in [6.07, 6.45) is 2.04. The second-order valence-electron chi connectivity index (χ2n) is 7.58. The van der Waals surface area contributed by atoms with E-state index in [9.17, 15) is 4.79 Å². The summed E-state index contributed by atoms with van der Waals surface area (Å²) >= 11 is 5.98. The van der Waals surface area contributed by atoms with Crippen LogP contribution in [0.15, 0.2) is 84.9 Å². The van der Waals surface area contributed by atoms with Crippen LogP contribution in [-0.2, 0) is 11.4 Å². The summed E-state index contributed by atoms with van der Waals surface area (Å²) in [5, 5.41) is 13.3. The summed E-state index contributed by atoms with van der Waals surface area (Å²) in [5.74, 6) is 0.425. The van der Waals surface area contributed by atoms with Gasteiger partial charge in [-0.25, -0.2) is 4.98 Å². The fraction of sp³-hybridized carbons (Fsp3) is 0.107. The highest BCUT2D eigenvalue weighted by Gasteiger charge is 2.12. The first-order valence-corrected chi connectivity index (χ1v) is 11.2. The van der Waals surface area contributed by atoms with Crippen molar-refractivity contribution in [3.8, 4) is 11.8 Å². The predicted molar refractivity (Wildman–Crippen MR) is 135 cm³/mol. The first-order valence-electron chi connectivity index (χ1n) is 10.8. The van der Waals surface area contributed by atoms with Gasteiger partial charge in [0.05, 0.1) is 23.7 Å². The van der Waals surface area contributed by atoms with Crippen LogP contribution in [0.2, 0.25) is 5.02 Å². The SMILES string of the molecule is N#CCCNC(=O)C(=Cc1ccc(Cl)cc1)c1ccc(OCc2ccc3ccccc3n2)cc1. The molecule has 0 aliphatic heterocycles. The summed E-state index contributed by atoms with van der Waals surface area (Å²) < 4.78 is 5.91. The van der Waals surface area contributed by atoms with Crippen LogP contribution in [0.5, 0.6) is 5.75 Å². The van der Waals surface area contributed by atoms with Crippen molar-refractivity contribution in [2.45, 2.75) is 13.0 Å². The molecule has 0 saturated heterocycles. The molecule has 4 rings (SSSR count). The topological polar surface area (TPSA) is 75.0 Å². The van der Waals surface area contributed by atoms with E-state index >= 15 is 0 Å². The molecule has 34 heavy (non-hydrogen) atoms. The number of carbonyl (C=O) groups is 1. The number of hydrogen-bond acceptors (Lipinski definition) is 4. The van der Waals surface area contributed by atoms with Gasteiger partial charge in [0.2, 0.25) is 0 Å². The van der Waals surface area contributed by atoms with Crippen molar-refractivity contribution >= 4 is 40.1 Å². The van der Waals surface area contributed by atoms with Crippen LogP contribution in [0.3, 0.4) is 0 Å². The number of benzene rings is 3. The van der Waals surface area contributed by atoms with Gasteiger partial charge in [-0.15, -0.1) is 0 Å². The number of ether oxygens (including phenoxy) is 1. The average molecular weight is 468 g/mol. The van der Waals surface area contributed by atoms with E-state index in [1.807, 2.05) is 78.9 Å².